The third kappa shape index (κ3) is 8.13. The third-order valence-electron chi connectivity index (χ3n) is 5.36. The van der Waals surface area contributed by atoms with E-state index in [1.807, 2.05) is 25.7 Å². The van der Waals surface area contributed by atoms with E-state index in [2.05, 4.69) is 34.8 Å². The largest absolute Gasteiger partial charge is 0.356 e. The van der Waals surface area contributed by atoms with Crippen molar-refractivity contribution in [2.75, 3.05) is 33.2 Å². The minimum Gasteiger partial charge on any atom is -0.356 e. The van der Waals surface area contributed by atoms with Crippen LogP contribution in [0, 0.1) is 11.3 Å². The number of nitrogens with one attached hydrogen (secondary N) is 3. The molecule has 0 saturated carbocycles. The summed E-state index contributed by atoms with van der Waals surface area (Å²) < 4.78 is 0. The van der Waals surface area contributed by atoms with Crippen LogP contribution in [0.15, 0.2) is 4.99 Å². The number of nitrogens with zero attached hydrogens (tertiary/aromatic N) is 2. The lowest BCUT2D eigenvalue weighted by atomic mass is 9.92. The SMILES string of the molecule is CCNC(=O)C(C)(C)CNC(=NC)NC1CCN(C(=O)C(CC)CC)CC1.I. The van der Waals surface area contributed by atoms with Crippen LogP contribution in [-0.4, -0.2) is 61.9 Å². The molecule has 0 unspecified atom stereocenters. The summed E-state index contributed by atoms with van der Waals surface area (Å²) in [7, 11) is 1.74. The van der Waals surface area contributed by atoms with Gasteiger partial charge in [0.05, 0.1) is 5.41 Å². The van der Waals surface area contributed by atoms with Crippen LogP contribution in [0.2, 0.25) is 0 Å². The van der Waals surface area contributed by atoms with Crippen LogP contribution in [0.3, 0.4) is 0 Å². The maximum atomic E-state index is 12.5. The molecule has 0 bridgehead atoms. The number of hydrogen-bond acceptors (Lipinski definition) is 3. The fourth-order valence-corrected chi connectivity index (χ4v) is 3.31. The molecule has 2 amide bonds. The summed E-state index contributed by atoms with van der Waals surface area (Å²) in [4.78, 5) is 30.9. The molecule has 0 aromatic carbocycles. The quantitative estimate of drug-likeness (QED) is 0.267. The second-order valence-corrected chi connectivity index (χ2v) is 7.93. The Balaban J connectivity index is 0.00000729. The van der Waals surface area contributed by atoms with Gasteiger partial charge in [0.15, 0.2) is 5.96 Å². The lowest BCUT2D eigenvalue weighted by Gasteiger charge is -2.35. The molecule has 0 radical (unpaired) electrons. The van der Waals surface area contributed by atoms with Gasteiger partial charge in [0.2, 0.25) is 11.8 Å². The lowest BCUT2D eigenvalue weighted by Crippen LogP contribution is -2.52. The van der Waals surface area contributed by atoms with Crippen molar-refractivity contribution in [3.05, 3.63) is 0 Å². The standard InChI is InChI=1S/C20H39N5O2.HI/c1-7-15(8-2)17(26)25-12-10-16(11-13-25)24-19(21-6)23-14-20(4,5)18(27)22-9-3;/h15-16H,7-14H2,1-6H3,(H,22,27)(H2,21,23,24);1H. The van der Waals surface area contributed by atoms with Crippen LogP contribution < -0.4 is 16.0 Å². The molecule has 1 heterocycles. The van der Waals surface area contributed by atoms with Gasteiger partial charge in [-0.25, -0.2) is 0 Å². The highest BCUT2D eigenvalue weighted by atomic mass is 127. The van der Waals surface area contributed by atoms with E-state index in [-0.39, 0.29) is 41.8 Å². The van der Waals surface area contributed by atoms with E-state index in [9.17, 15) is 9.59 Å². The number of hydrogen-bond donors (Lipinski definition) is 3. The highest BCUT2D eigenvalue weighted by Gasteiger charge is 2.29. The van der Waals surface area contributed by atoms with Crippen molar-refractivity contribution < 1.29 is 9.59 Å². The first-order chi connectivity index (χ1) is 12.8. The summed E-state index contributed by atoms with van der Waals surface area (Å²) in [5, 5.41) is 9.57. The highest BCUT2D eigenvalue weighted by Crippen LogP contribution is 2.17. The topological polar surface area (TPSA) is 85.8 Å². The summed E-state index contributed by atoms with van der Waals surface area (Å²) >= 11 is 0. The smallest absolute Gasteiger partial charge is 0.227 e. The Labute approximate surface area is 187 Å². The average molecular weight is 509 g/mol. The minimum absolute atomic E-state index is 0. The number of rotatable bonds is 8. The number of guanidine groups is 1. The maximum Gasteiger partial charge on any atom is 0.227 e. The Bertz CT molecular complexity index is 513. The van der Waals surface area contributed by atoms with Gasteiger partial charge in [-0.3, -0.25) is 14.6 Å². The number of carbonyl (C=O) groups is 2. The van der Waals surface area contributed by atoms with Crippen LogP contribution >= 0.6 is 24.0 Å². The number of piperidine rings is 1. The normalized spacial score (nSPS) is 15.8. The molecule has 8 heteroatoms. The van der Waals surface area contributed by atoms with Crippen LogP contribution in [-0.2, 0) is 9.59 Å². The predicted molar refractivity (Wildman–Crippen MR) is 126 cm³/mol. The van der Waals surface area contributed by atoms with E-state index in [4.69, 9.17) is 0 Å². The first-order valence-electron chi connectivity index (χ1n) is 10.3. The molecular weight excluding hydrogens is 469 g/mol. The molecule has 0 aromatic rings. The average Bonchev–Trinajstić information content (AvgIpc) is 2.66. The minimum atomic E-state index is -0.515. The van der Waals surface area contributed by atoms with Gasteiger partial charge >= 0.3 is 0 Å². The van der Waals surface area contributed by atoms with Gasteiger partial charge in [0, 0.05) is 45.2 Å². The van der Waals surface area contributed by atoms with Crippen LogP contribution in [0.1, 0.15) is 60.3 Å². The number of likely N-dealkylation sites (tertiary alicyclic amines) is 1. The molecule has 0 aromatic heterocycles. The van der Waals surface area contributed by atoms with Crippen molar-refractivity contribution in [3.8, 4) is 0 Å². The van der Waals surface area contributed by atoms with Crippen LogP contribution in [0.5, 0.6) is 0 Å². The van der Waals surface area contributed by atoms with Gasteiger partial charge < -0.3 is 20.9 Å². The summed E-state index contributed by atoms with van der Waals surface area (Å²) in [6, 6.07) is 0.287. The van der Waals surface area contributed by atoms with Crippen LogP contribution in [0.4, 0.5) is 0 Å². The fourth-order valence-electron chi connectivity index (χ4n) is 3.31. The molecule has 1 rings (SSSR count). The van der Waals surface area contributed by atoms with Gasteiger partial charge in [-0.1, -0.05) is 13.8 Å². The molecule has 1 aliphatic rings. The van der Waals surface area contributed by atoms with Crippen molar-refractivity contribution in [2.45, 2.75) is 66.3 Å². The summed E-state index contributed by atoms with van der Waals surface area (Å²) in [6.07, 6.45) is 3.63. The molecule has 1 saturated heterocycles. The van der Waals surface area contributed by atoms with E-state index in [0.29, 0.717) is 25.0 Å². The second kappa shape index (κ2) is 13.2. The van der Waals surface area contributed by atoms with Gasteiger partial charge in [-0.05, 0) is 46.5 Å². The first kappa shape index (κ1) is 26.9. The van der Waals surface area contributed by atoms with E-state index in [1.165, 1.54) is 0 Å². The number of aliphatic imine (C=N–C) groups is 1. The number of halogens is 1. The molecule has 28 heavy (non-hydrogen) atoms. The molecule has 0 aliphatic carbocycles. The maximum absolute atomic E-state index is 12.5. The number of carbonyl (C=O) groups excluding carboxylic acids is 2. The summed E-state index contributed by atoms with van der Waals surface area (Å²) in [6.45, 7) is 12.6. The zero-order chi connectivity index (χ0) is 20.4. The Morgan fingerprint density at radius 2 is 1.68 bits per heavy atom. The van der Waals surface area contributed by atoms with Gasteiger partial charge in [-0.15, -0.1) is 24.0 Å². The molecule has 1 fully saturated rings. The molecule has 0 atom stereocenters. The first-order valence-corrected chi connectivity index (χ1v) is 10.3. The van der Waals surface area contributed by atoms with Crippen molar-refractivity contribution in [1.29, 1.82) is 0 Å². The third-order valence-corrected chi connectivity index (χ3v) is 5.36. The van der Waals surface area contributed by atoms with Crippen molar-refractivity contribution in [1.82, 2.24) is 20.9 Å². The van der Waals surface area contributed by atoms with Crippen molar-refractivity contribution >= 4 is 41.8 Å². The van der Waals surface area contributed by atoms with E-state index >= 15 is 0 Å². The molecule has 0 spiro atoms. The number of amides is 2. The van der Waals surface area contributed by atoms with Gasteiger partial charge in [0.25, 0.3) is 0 Å². The second-order valence-electron chi connectivity index (χ2n) is 7.93. The van der Waals surface area contributed by atoms with Crippen molar-refractivity contribution in [3.63, 3.8) is 0 Å². The zero-order valence-corrected chi connectivity index (χ0v) is 20.8. The molecule has 164 valence electrons. The molecule has 7 nitrogen and oxygen atoms in total. The molecular formula is C20H40IN5O2. The summed E-state index contributed by atoms with van der Waals surface area (Å²) in [5.74, 6) is 1.18. The van der Waals surface area contributed by atoms with Crippen molar-refractivity contribution in [2.24, 2.45) is 16.3 Å². The Morgan fingerprint density at radius 1 is 1.11 bits per heavy atom. The molecule has 1 aliphatic heterocycles. The summed E-state index contributed by atoms with van der Waals surface area (Å²) in [5.41, 5.74) is -0.515. The van der Waals surface area contributed by atoms with Gasteiger partial charge in [-0.2, -0.15) is 0 Å². The van der Waals surface area contributed by atoms with E-state index in [0.717, 1.165) is 38.8 Å². The Kier molecular flexibility index (Phi) is 12.7. The molecule has 3 N–H and O–H groups in total. The zero-order valence-electron chi connectivity index (χ0n) is 18.4. The van der Waals surface area contributed by atoms with Crippen LogP contribution in [0.25, 0.3) is 0 Å². The fraction of sp³-hybridized carbons (Fsp3) is 0.850. The lowest BCUT2D eigenvalue weighted by molar-refractivity contribution is -0.136. The Hall–Kier alpha value is -1.06. The monoisotopic (exact) mass is 509 g/mol. The predicted octanol–water partition coefficient (Wildman–Crippen LogP) is 2.36. The highest BCUT2D eigenvalue weighted by molar-refractivity contribution is 14.0. The Morgan fingerprint density at radius 3 is 2.14 bits per heavy atom. The van der Waals surface area contributed by atoms with E-state index in [1.54, 1.807) is 7.05 Å². The van der Waals surface area contributed by atoms with Gasteiger partial charge in [0.1, 0.15) is 0 Å². The van der Waals surface area contributed by atoms with E-state index < -0.39 is 5.41 Å².